The van der Waals surface area contributed by atoms with Crippen LogP contribution in [0.5, 0.6) is 0 Å². The first-order valence-corrected chi connectivity index (χ1v) is 6.24. The molecule has 1 aliphatic rings. The minimum atomic E-state index is 0.272. The number of amides is 1. The van der Waals surface area contributed by atoms with Crippen LogP contribution in [0, 0.1) is 0 Å². The van der Waals surface area contributed by atoms with E-state index in [1.54, 1.807) is 0 Å². The average molecular weight is 263 g/mol. The van der Waals surface area contributed by atoms with E-state index in [-0.39, 0.29) is 5.91 Å². The van der Waals surface area contributed by atoms with Gasteiger partial charge in [0.1, 0.15) is 0 Å². The van der Waals surface area contributed by atoms with Crippen LogP contribution in [0.4, 0.5) is 0 Å². The van der Waals surface area contributed by atoms with Crippen molar-refractivity contribution in [3.05, 3.63) is 0 Å². The maximum Gasteiger partial charge on any atom is 0.223 e. The van der Waals surface area contributed by atoms with Gasteiger partial charge in [-0.05, 0) is 20.9 Å². The van der Waals surface area contributed by atoms with Crippen LogP contribution in [0.15, 0.2) is 0 Å². The normalized spacial score (nSPS) is 29.3. The van der Waals surface area contributed by atoms with Gasteiger partial charge in [-0.3, -0.25) is 9.69 Å². The number of hydrogen-bond acceptors (Lipinski definition) is 2. The van der Waals surface area contributed by atoms with Crippen molar-refractivity contribution in [2.24, 2.45) is 0 Å². The average Bonchev–Trinajstić information content (AvgIpc) is 2.13. The van der Waals surface area contributed by atoms with Crippen molar-refractivity contribution in [2.45, 2.75) is 32.4 Å². The molecule has 0 radical (unpaired) electrons. The topological polar surface area (TPSA) is 23.6 Å². The van der Waals surface area contributed by atoms with Gasteiger partial charge < -0.3 is 4.90 Å². The van der Waals surface area contributed by atoms with Crippen molar-refractivity contribution in [1.82, 2.24) is 9.80 Å². The lowest BCUT2D eigenvalue weighted by Crippen LogP contribution is -2.56. The van der Waals surface area contributed by atoms with Crippen molar-refractivity contribution in [2.75, 3.05) is 25.5 Å². The van der Waals surface area contributed by atoms with Crippen molar-refractivity contribution in [3.8, 4) is 0 Å². The molecule has 1 aliphatic heterocycles. The van der Waals surface area contributed by atoms with E-state index in [1.165, 1.54) is 0 Å². The molecule has 0 aromatic carbocycles. The summed E-state index contributed by atoms with van der Waals surface area (Å²) in [7, 11) is 2.13. The predicted molar refractivity (Wildman–Crippen MR) is 61.7 cm³/mol. The van der Waals surface area contributed by atoms with Crippen LogP contribution < -0.4 is 0 Å². The van der Waals surface area contributed by atoms with Gasteiger partial charge in [0.25, 0.3) is 0 Å². The van der Waals surface area contributed by atoms with Crippen molar-refractivity contribution in [1.29, 1.82) is 0 Å². The van der Waals surface area contributed by atoms with Gasteiger partial charge >= 0.3 is 0 Å². The van der Waals surface area contributed by atoms with Gasteiger partial charge in [0.2, 0.25) is 5.91 Å². The molecule has 1 heterocycles. The first kappa shape index (κ1) is 12.0. The fourth-order valence-corrected chi connectivity index (χ4v) is 2.19. The number of alkyl halides is 1. The summed E-state index contributed by atoms with van der Waals surface area (Å²) in [4.78, 5) is 16.0. The van der Waals surface area contributed by atoms with E-state index in [0.29, 0.717) is 18.5 Å². The SMILES string of the molecule is CC1CN(C(=O)CCBr)CC(C)N1C. The Morgan fingerprint density at radius 3 is 2.29 bits per heavy atom. The van der Waals surface area contributed by atoms with E-state index in [4.69, 9.17) is 0 Å². The highest BCUT2D eigenvalue weighted by Crippen LogP contribution is 2.14. The molecule has 14 heavy (non-hydrogen) atoms. The van der Waals surface area contributed by atoms with Gasteiger partial charge in [0, 0.05) is 36.9 Å². The molecule has 0 aromatic rings. The van der Waals surface area contributed by atoms with Gasteiger partial charge in [-0.25, -0.2) is 0 Å². The van der Waals surface area contributed by atoms with Crippen LogP contribution in [0.1, 0.15) is 20.3 Å². The molecule has 3 nitrogen and oxygen atoms in total. The van der Waals surface area contributed by atoms with Gasteiger partial charge in [-0.2, -0.15) is 0 Å². The van der Waals surface area contributed by atoms with Gasteiger partial charge in [0.05, 0.1) is 0 Å². The van der Waals surface area contributed by atoms with Crippen LogP contribution in [0.3, 0.4) is 0 Å². The molecule has 1 amide bonds. The van der Waals surface area contributed by atoms with E-state index >= 15 is 0 Å². The zero-order valence-corrected chi connectivity index (χ0v) is 10.7. The van der Waals surface area contributed by atoms with Crippen molar-refractivity contribution in [3.63, 3.8) is 0 Å². The number of nitrogens with zero attached hydrogens (tertiary/aromatic N) is 2. The first-order chi connectivity index (χ1) is 6.56. The lowest BCUT2D eigenvalue weighted by Gasteiger charge is -2.42. The Bertz CT molecular complexity index is 198. The Hall–Kier alpha value is -0.0900. The number of halogens is 1. The van der Waals surface area contributed by atoms with Crippen LogP contribution in [-0.2, 0) is 4.79 Å². The Morgan fingerprint density at radius 1 is 1.36 bits per heavy atom. The number of hydrogen-bond donors (Lipinski definition) is 0. The summed E-state index contributed by atoms with van der Waals surface area (Å²) in [6, 6.07) is 0.941. The third-order valence-corrected chi connectivity index (χ3v) is 3.42. The molecule has 2 atom stereocenters. The first-order valence-electron chi connectivity index (χ1n) is 5.12. The van der Waals surface area contributed by atoms with Crippen LogP contribution >= 0.6 is 15.9 Å². The Balaban J connectivity index is 2.53. The minimum absolute atomic E-state index is 0.272. The Kier molecular flexibility index (Phi) is 4.38. The molecule has 0 saturated carbocycles. The minimum Gasteiger partial charge on any atom is -0.340 e. The lowest BCUT2D eigenvalue weighted by molar-refractivity contribution is -0.134. The molecule has 1 fully saturated rings. The summed E-state index contributed by atoms with van der Waals surface area (Å²) in [6.07, 6.45) is 0.614. The second-order valence-corrected chi connectivity index (χ2v) is 4.89. The molecular formula is C10H19BrN2O. The third kappa shape index (κ3) is 2.70. The monoisotopic (exact) mass is 262 g/mol. The molecular weight excluding hydrogens is 244 g/mol. The maximum absolute atomic E-state index is 11.7. The molecule has 0 N–H and O–H groups in total. The van der Waals surface area contributed by atoms with Gasteiger partial charge in [0.15, 0.2) is 0 Å². The molecule has 4 heteroatoms. The molecule has 2 unspecified atom stereocenters. The number of carbonyl (C=O) groups excluding carboxylic acids is 1. The second-order valence-electron chi connectivity index (χ2n) is 4.10. The molecule has 0 aliphatic carbocycles. The summed E-state index contributed by atoms with van der Waals surface area (Å²) >= 11 is 3.30. The summed E-state index contributed by atoms with van der Waals surface area (Å²) in [6.45, 7) is 6.08. The summed E-state index contributed by atoms with van der Waals surface area (Å²) in [5, 5.41) is 0.765. The number of piperazine rings is 1. The predicted octanol–water partition coefficient (Wildman–Crippen LogP) is 1.32. The zero-order chi connectivity index (χ0) is 10.7. The fourth-order valence-electron chi connectivity index (χ4n) is 1.85. The number of likely N-dealkylation sites (N-methyl/N-ethyl adjacent to an activating group) is 1. The quantitative estimate of drug-likeness (QED) is 0.701. The molecule has 1 saturated heterocycles. The fraction of sp³-hybridized carbons (Fsp3) is 0.900. The standard InChI is InChI=1S/C10H19BrN2O/c1-8-6-13(10(14)4-5-11)7-9(2)12(8)3/h8-9H,4-7H2,1-3H3. The highest BCUT2D eigenvalue weighted by atomic mass is 79.9. The van der Waals surface area contributed by atoms with Crippen LogP contribution in [-0.4, -0.2) is 53.3 Å². The smallest absolute Gasteiger partial charge is 0.223 e. The summed E-state index contributed by atoms with van der Waals surface area (Å²) in [5.74, 6) is 0.272. The second kappa shape index (κ2) is 5.12. The Labute approximate surface area is 94.6 Å². The zero-order valence-electron chi connectivity index (χ0n) is 9.16. The van der Waals surface area contributed by atoms with E-state index in [9.17, 15) is 4.79 Å². The molecule has 1 rings (SSSR count). The largest absolute Gasteiger partial charge is 0.340 e. The Morgan fingerprint density at radius 2 is 1.86 bits per heavy atom. The number of carbonyl (C=O) groups is 1. The van der Waals surface area contributed by atoms with E-state index in [2.05, 4.69) is 41.7 Å². The third-order valence-electron chi connectivity index (χ3n) is 3.02. The van der Waals surface area contributed by atoms with Crippen LogP contribution in [0.2, 0.25) is 0 Å². The highest BCUT2D eigenvalue weighted by Gasteiger charge is 2.28. The van der Waals surface area contributed by atoms with Gasteiger partial charge in [-0.1, -0.05) is 15.9 Å². The summed E-state index contributed by atoms with van der Waals surface area (Å²) in [5.41, 5.74) is 0. The van der Waals surface area contributed by atoms with E-state index in [0.717, 1.165) is 18.4 Å². The lowest BCUT2D eigenvalue weighted by atomic mass is 10.1. The molecule has 0 spiro atoms. The van der Waals surface area contributed by atoms with Gasteiger partial charge in [-0.15, -0.1) is 0 Å². The van der Waals surface area contributed by atoms with Crippen molar-refractivity contribution < 1.29 is 4.79 Å². The van der Waals surface area contributed by atoms with Crippen LogP contribution in [0.25, 0.3) is 0 Å². The number of rotatable bonds is 2. The van der Waals surface area contributed by atoms with E-state index < -0.39 is 0 Å². The molecule has 82 valence electrons. The summed E-state index contributed by atoms with van der Waals surface area (Å²) < 4.78 is 0. The van der Waals surface area contributed by atoms with Crippen molar-refractivity contribution >= 4 is 21.8 Å². The molecule has 0 aromatic heterocycles. The molecule has 0 bridgehead atoms. The maximum atomic E-state index is 11.7. The van der Waals surface area contributed by atoms with E-state index in [1.807, 2.05) is 4.90 Å². The highest BCUT2D eigenvalue weighted by molar-refractivity contribution is 9.09.